The van der Waals surface area contributed by atoms with Gasteiger partial charge < -0.3 is 15.0 Å². The number of carbonyl (C=O) groups excluding carboxylic acids is 2. The van der Waals surface area contributed by atoms with Crippen LogP contribution in [0, 0.1) is 10.2 Å². The number of rotatable bonds is 0. The fourth-order valence-electron chi connectivity index (χ4n) is 4.67. The van der Waals surface area contributed by atoms with Gasteiger partial charge in [-0.2, -0.15) is 0 Å². The molecule has 29 heavy (non-hydrogen) atoms. The summed E-state index contributed by atoms with van der Waals surface area (Å²) in [6.45, 7) is 3.94. The normalized spacial score (nSPS) is 24.0. The predicted octanol–water partition coefficient (Wildman–Crippen LogP) is 3.47. The summed E-state index contributed by atoms with van der Waals surface area (Å²) in [7, 11) is 0. The highest BCUT2D eigenvalue weighted by molar-refractivity contribution is 9.10. The van der Waals surface area contributed by atoms with Gasteiger partial charge in [-0.05, 0) is 35.8 Å². The van der Waals surface area contributed by atoms with Crippen LogP contribution in [-0.4, -0.2) is 21.7 Å². The molecule has 9 heteroatoms. The number of carbonyl (C=O) groups is 2. The van der Waals surface area contributed by atoms with Gasteiger partial charge in [0, 0.05) is 28.6 Å². The molecular weight excluding hydrogens is 458 g/mol. The molecule has 0 fully saturated rings. The fraction of sp³-hybridized carbons (Fsp3) is 0.300. The van der Waals surface area contributed by atoms with E-state index in [1.165, 1.54) is 0 Å². The number of anilines is 1. The van der Waals surface area contributed by atoms with Gasteiger partial charge in [-0.15, -0.1) is 0 Å². The molecule has 3 aliphatic rings. The summed E-state index contributed by atoms with van der Waals surface area (Å²) in [6, 6.07) is 5.31. The number of halogens is 1. The number of fused-ring (bicyclic) bond motifs is 5. The molecule has 2 aliphatic heterocycles. The number of hydrogen-bond acceptors (Lipinski definition) is 5. The lowest BCUT2D eigenvalue weighted by Gasteiger charge is -2.41. The van der Waals surface area contributed by atoms with Gasteiger partial charge in [0.05, 0.1) is 5.57 Å². The first-order valence-corrected chi connectivity index (χ1v) is 10.3. The van der Waals surface area contributed by atoms with Crippen LogP contribution >= 0.6 is 28.1 Å². The van der Waals surface area contributed by atoms with Gasteiger partial charge in [-0.3, -0.25) is 19.4 Å². The first kappa shape index (κ1) is 18.5. The first-order valence-electron chi connectivity index (χ1n) is 9.07. The highest BCUT2D eigenvalue weighted by Crippen LogP contribution is 2.56. The Kier molecular flexibility index (Phi) is 3.68. The number of ketones is 1. The van der Waals surface area contributed by atoms with Gasteiger partial charge in [0.25, 0.3) is 5.56 Å². The van der Waals surface area contributed by atoms with Gasteiger partial charge in [0.2, 0.25) is 11.8 Å². The van der Waals surface area contributed by atoms with E-state index >= 15 is 0 Å². The molecule has 3 heterocycles. The number of nitrogens with one attached hydrogen (secondary N) is 3. The van der Waals surface area contributed by atoms with E-state index in [9.17, 15) is 14.4 Å². The molecule has 1 amide bonds. The first-order chi connectivity index (χ1) is 13.6. The topological polar surface area (TPSA) is 104 Å². The zero-order chi connectivity index (χ0) is 20.7. The third-order valence-electron chi connectivity index (χ3n) is 5.69. The number of Topliss-reactive ketones (excluding diaryl/α,β-unsaturated/α-hetero) is 1. The van der Waals surface area contributed by atoms with Crippen LogP contribution in [0.3, 0.4) is 0 Å². The molecular formula is C20H16BrN3O4S. The molecule has 1 spiro atoms. The SMILES string of the molecule is CC1(C)CC(=O)C2=C(C1)Oc1[nH]c(=S)[nH]c(=O)c1C21C(=O)Nc2ccc(Br)cc21. The van der Waals surface area contributed by atoms with Crippen molar-refractivity contribution in [3.05, 3.63) is 60.3 Å². The molecule has 7 nitrogen and oxygen atoms in total. The third kappa shape index (κ3) is 2.40. The van der Waals surface area contributed by atoms with Crippen LogP contribution < -0.4 is 15.6 Å². The van der Waals surface area contributed by atoms with Gasteiger partial charge >= 0.3 is 0 Å². The Bertz CT molecular complexity index is 1290. The highest BCUT2D eigenvalue weighted by Gasteiger charge is 2.61. The van der Waals surface area contributed by atoms with Crippen LogP contribution in [-0.2, 0) is 15.0 Å². The maximum absolute atomic E-state index is 13.5. The lowest BCUT2D eigenvalue weighted by Crippen LogP contribution is -2.50. The van der Waals surface area contributed by atoms with Crippen LogP contribution in [0.1, 0.15) is 37.8 Å². The summed E-state index contributed by atoms with van der Waals surface area (Å²) in [5, 5.41) is 2.85. The van der Waals surface area contributed by atoms with Crippen molar-refractivity contribution >= 4 is 45.5 Å². The van der Waals surface area contributed by atoms with E-state index in [0.717, 1.165) is 4.47 Å². The van der Waals surface area contributed by atoms with Crippen LogP contribution in [0.2, 0.25) is 0 Å². The second-order valence-electron chi connectivity index (χ2n) is 8.35. The average molecular weight is 474 g/mol. The Labute approximate surface area is 178 Å². The van der Waals surface area contributed by atoms with E-state index in [1.807, 2.05) is 13.8 Å². The van der Waals surface area contributed by atoms with Gasteiger partial charge in [-0.1, -0.05) is 29.8 Å². The maximum Gasteiger partial charge on any atom is 0.260 e. The predicted molar refractivity (Wildman–Crippen MR) is 111 cm³/mol. The lowest BCUT2D eigenvalue weighted by molar-refractivity contribution is -0.124. The van der Waals surface area contributed by atoms with E-state index in [0.29, 0.717) is 23.4 Å². The molecule has 2 aromatic rings. The number of ether oxygens (including phenoxy) is 1. The number of H-pyrrole nitrogens is 2. The quantitative estimate of drug-likeness (QED) is 0.508. The van der Waals surface area contributed by atoms with Gasteiger partial charge in [0.15, 0.2) is 10.6 Å². The van der Waals surface area contributed by atoms with Gasteiger partial charge in [-0.25, -0.2) is 0 Å². The van der Waals surface area contributed by atoms with Crippen molar-refractivity contribution in [2.75, 3.05) is 5.32 Å². The molecule has 1 atom stereocenters. The average Bonchev–Trinajstić information content (AvgIpc) is 2.85. The van der Waals surface area contributed by atoms with Crippen LogP contribution in [0.4, 0.5) is 5.69 Å². The summed E-state index contributed by atoms with van der Waals surface area (Å²) in [4.78, 5) is 45.3. The molecule has 0 saturated carbocycles. The van der Waals surface area contributed by atoms with E-state index in [-0.39, 0.29) is 39.4 Å². The standard InChI is InChI=1S/C20H16BrN3O4S/c1-19(2)6-11(25)13-12(7-19)28-16-14(15(26)23-18(29)24-16)20(13)9-5-8(21)3-4-10(9)22-17(20)27/h3-5H,6-7H2,1-2H3,(H,22,27)(H2,23,24,26,29). The monoisotopic (exact) mass is 473 g/mol. The number of aromatic amines is 2. The summed E-state index contributed by atoms with van der Waals surface area (Å²) in [5.41, 5.74) is -1.11. The maximum atomic E-state index is 13.5. The highest BCUT2D eigenvalue weighted by atomic mass is 79.9. The summed E-state index contributed by atoms with van der Waals surface area (Å²) >= 11 is 8.55. The van der Waals surface area contributed by atoms with Crippen molar-refractivity contribution in [2.24, 2.45) is 5.41 Å². The second-order valence-corrected chi connectivity index (χ2v) is 9.67. The minimum absolute atomic E-state index is 0.0484. The molecule has 148 valence electrons. The fourth-order valence-corrected chi connectivity index (χ4v) is 5.22. The molecule has 1 aromatic heterocycles. The number of allylic oxidation sites excluding steroid dienone is 1. The zero-order valence-electron chi connectivity index (χ0n) is 15.6. The second kappa shape index (κ2) is 5.76. The molecule has 5 rings (SSSR count). The summed E-state index contributed by atoms with van der Waals surface area (Å²) in [5.74, 6) is -0.151. The van der Waals surface area contributed by atoms with Crippen molar-refractivity contribution in [1.82, 2.24) is 9.97 Å². The Morgan fingerprint density at radius 3 is 2.66 bits per heavy atom. The molecule has 0 bridgehead atoms. The molecule has 1 aromatic carbocycles. The van der Waals surface area contributed by atoms with Gasteiger partial charge in [0.1, 0.15) is 16.7 Å². The zero-order valence-corrected chi connectivity index (χ0v) is 18.0. The molecule has 1 aliphatic carbocycles. The van der Waals surface area contributed by atoms with Crippen molar-refractivity contribution in [3.8, 4) is 5.88 Å². The Hall–Kier alpha value is -2.52. The van der Waals surface area contributed by atoms with Crippen molar-refractivity contribution in [1.29, 1.82) is 0 Å². The van der Waals surface area contributed by atoms with E-state index < -0.39 is 16.9 Å². The van der Waals surface area contributed by atoms with E-state index in [1.54, 1.807) is 18.2 Å². The van der Waals surface area contributed by atoms with Crippen molar-refractivity contribution < 1.29 is 14.3 Å². The number of amides is 1. The number of hydrogen-bond donors (Lipinski definition) is 3. The summed E-state index contributed by atoms with van der Waals surface area (Å²) in [6.07, 6.45) is 0.711. The van der Waals surface area contributed by atoms with E-state index in [2.05, 4.69) is 31.2 Å². The summed E-state index contributed by atoms with van der Waals surface area (Å²) < 4.78 is 6.82. The molecule has 0 saturated heterocycles. The van der Waals surface area contributed by atoms with Crippen LogP contribution in [0.15, 0.2) is 38.8 Å². The van der Waals surface area contributed by atoms with Crippen molar-refractivity contribution in [2.45, 2.75) is 32.1 Å². The number of aromatic nitrogens is 2. The van der Waals surface area contributed by atoms with Crippen LogP contribution in [0.25, 0.3) is 0 Å². The number of benzene rings is 1. The van der Waals surface area contributed by atoms with Crippen molar-refractivity contribution in [3.63, 3.8) is 0 Å². The third-order valence-corrected chi connectivity index (χ3v) is 6.39. The minimum Gasteiger partial charge on any atom is -0.444 e. The molecule has 3 N–H and O–H groups in total. The Morgan fingerprint density at radius 2 is 1.90 bits per heavy atom. The molecule has 1 unspecified atom stereocenters. The Balaban J connectivity index is 1.96. The van der Waals surface area contributed by atoms with Crippen LogP contribution in [0.5, 0.6) is 5.88 Å². The minimum atomic E-state index is -1.59. The Morgan fingerprint density at radius 1 is 1.14 bits per heavy atom. The smallest absolute Gasteiger partial charge is 0.260 e. The molecule has 0 radical (unpaired) electrons. The largest absolute Gasteiger partial charge is 0.444 e. The lowest BCUT2D eigenvalue weighted by atomic mass is 9.62. The van der Waals surface area contributed by atoms with E-state index in [4.69, 9.17) is 17.0 Å².